The number of benzene rings is 1. The van der Waals surface area contributed by atoms with E-state index in [2.05, 4.69) is 10.2 Å². The van der Waals surface area contributed by atoms with Crippen LogP contribution in [0.1, 0.15) is 24.1 Å². The highest BCUT2D eigenvalue weighted by Crippen LogP contribution is 2.23. The molecule has 0 aliphatic carbocycles. The van der Waals surface area contributed by atoms with E-state index < -0.39 is 0 Å². The SMILES string of the molecule is CCOc1ccc(C(CN)c2cccnn2)cc1. The van der Waals surface area contributed by atoms with Gasteiger partial charge >= 0.3 is 0 Å². The first-order chi connectivity index (χ1) is 8.85. The number of aromatic nitrogens is 2. The molecule has 0 aliphatic rings. The molecular formula is C14H17N3O. The summed E-state index contributed by atoms with van der Waals surface area (Å²) in [5.74, 6) is 0.950. The number of nitrogens with two attached hydrogens (primary N) is 1. The minimum absolute atomic E-state index is 0.0781. The van der Waals surface area contributed by atoms with Crippen molar-refractivity contribution in [2.45, 2.75) is 12.8 Å². The van der Waals surface area contributed by atoms with E-state index in [1.807, 2.05) is 43.3 Å². The highest BCUT2D eigenvalue weighted by atomic mass is 16.5. The van der Waals surface area contributed by atoms with Crippen molar-refractivity contribution < 1.29 is 4.74 Å². The van der Waals surface area contributed by atoms with E-state index in [0.29, 0.717) is 13.2 Å². The normalized spacial score (nSPS) is 12.1. The number of nitrogens with zero attached hydrogens (tertiary/aromatic N) is 2. The van der Waals surface area contributed by atoms with Crippen molar-refractivity contribution in [2.75, 3.05) is 13.2 Å². The van der Waals surface area contributed by atoms with Crippen molar-refractivity contribution >= 4 is 0 Å². The minimum Gasteiger partial charge on any atom is -0.494 e. The molecule has 1 heterocycles. The first-order valence-electron chi connectivity index (χ1n) is 6.05. The molecule has 1 atom stereocenters. The van der Waals surface area contributed by atoms with Gasteiger partial charge in [0, 0.05) is 18.7 Å². The molecular weight excluding hydrogens is 226 g/mol. The average Bonchev–Trinajstić information content (AvgIpc) is 2.43. The standard InChI is InChI=1S/C14H17N3O/c1-2-18-12-7-5-11(6-8-12)13(10-15)14-4-3-9-16-17-14/h3-9,13H,2,10,15H2,1H3. The second-order valence-electron chi connectivity index (χ2n) is 3.94. The van der Waals surface area contributed by atoms with Crippen molar-refractivity contribution in [3.63, 3.8) is 0 Å². The molecule has 0 aliphatic heterocycles. The molecule has 4 heteroatoms. The molecule has 0 saturated carbocycles. The van der Waals surface area contributed by atoms with Gasteiger partial charge in [0.05, 0.1) is 12.3 Å². The molecule has 1 unspecified atom stereocenters. The van der Waals surface area contributed by atoms with Crippen molar-refractivity contribution in [1.29, 1.82) is 0 Å². The Morgan fingerprint density at radius 3 is 2.56 bits per heavy atom. The largest absolute Gasteiger partial charge is 0.494 e. The van der Waals surface area contributed by atoms with E-state index in [4.69, 9.17) is 10.5 Å². The van der Waals surface area contributed by atoms with Gasteiger partial charge in [-0.1, -0.05) is 12.1 Å². The molecule has 18 heavy (non-hydrogen) atoms. The number of rotatable bonds is 5. The highest BCUT2D eigenvalue weighted by Gasteiger charge is 2.13. The Kier molecular flexibility index (Phi) is 4.25. The number of ether oxygens (including phenoxy) is 1. The van der Waals surface area contributed by atoms with Crippen LogP contribution in [0.4, 0.5) is 0 Å². The average molecular weight is 243 g/mol. The number of hydrogen-bond donors (Lipinski definition) is 1. The van der Waals surface area contributed by atoms with Gasteiger partial charge < -0.3 is 10.5 Å². The third kappa shape index (κ3) is 2.84. The Morgan fingerprint density at radius 2 is 2.00 bits per heavy atom. The first-order valence-corrected chi connectivity index (χ1v) is 6.05. The fourth-order valence-electron chi connectivity index (χ4n) is 1.89. The Labute approximate surface area is 107 Å². The van der Waals surface area contributed by atoms with Gasteiger partial charge in [-0.25, -0.2) is 0 Å². The maximum atomic E-state index is 5.83. The van der Waals surface area contributed by atoms with Gasteiger partial charge in [0.1, 0.15) is 5.75 Å². The molecule has 1 aromatic heterocycles. The summed E-state index contributed by atoms with van der Waals surface area (Å²) < 4.78 is 5.42. The third-order valence-corrected chi connectivity index (χ3v) is 2.78. The molecule has 0 saturated heterocycles. The molecule has 2 rings (SSSR count). The van der Waals surface area contributed by atoms with Gasteiger partial charge in [0.2, 0.25) is 0 Å². The molecule has 0 amide bonds. The van der Waals surface area contributed by atoms with Crippen LogP contribution in [0.25, 0.3) is 0 Å². The second kappa shape index (κ2) is 6.12. The quantitative estimate of drug-likeness (QED) is 0.872. The van der Waals surface area contributed by atoms with Crippen molar-refractivity contribution in [3.8, 4) is 5.75 Å². The van der Waals surface area contributed by atoms with E-state index in [1.165, 1.54) is 0 Å². The van der Waals surface area contributed by atoms with E-state index in [1.54, 1.807) is 6.20 Å². The zero-order chi connectivity index (χ0) is 12.8. The molecule has 2 N–H and O–H groups in total. The maximum Gasteiger partial charge on any atom is 0.119 e. The topological polar surface area (TPSA) is 61.0 Å². The lowest BCUT2D eigenvalue weighted by Gasteiger charge is -2.14. The molecule has 1 aromatic carbocycles. The van der Waals surface area contributed by atoms with Crippen molar-refractivity contribution in [1.82, 2.24) is 10.2 Å². The Morgan fingerprint density at radius 1 is 1.22 bits per heavy atom. The predicted molar refractivity (Wildman–Crippen MR) is 70.5 cm³/mol. The van der Waals surface area contributed by atoms with Crippen LogP contribution >= 0.6 is 0 Å². The van der Waals surface area contributed by atoms with Gasteiger partial charge in [-0.05, 0) is 36.8 Å². The molecule has 4 nitrogen and oxygen atoms in total. The van der Waals surface area contributed by atoms with E-state index in [9.17, 15) is 0 Å². The van der Waals surface area contributed by atoms with Crippen molar-refractivity contribution in [2.24, 2.45) is 5.73 Å². The third-order valence-electron chi connectivity index (χ3n) is 2.78. The summed E-state index contributed by atoms with van der Waals surface area (Å²) >= 11 is 0. The second-order valence-corrected chi connectivity index (χ2v) is 3.94. The molecule has 0 bridgehead atoms. The molecule has 0 spiro atoms. The summed E-state index contributed by atoms with van der Waals surface area (Å²) in [7, 11) is 0. The molecule has 0 radical (unpaired) electrons. The van der Waals surface area contributed by atoms with Crippen LogP contribution in [0.5, 0.6) is 5.75 Å². The Hall–Kier alpha value is -1.94. The first kappa shape index (κ1) is 12.5. The lowest BCUT2D eigenvalue weighted by molar-refractivity contribution is 0.340. The Bertz CT molecular complexity index is 470. The van der Waals surface area contributed by atoms with Crippen LogP contribution in [0.2, 0.25) is 0 Å². The van der Waals surface area contributed by atoms with Crippen LogP contribution in [0.3, 0.4) is 0 Å². The maximum absolute atomic E-state index is 5.83. The minimum atomic E-state index is 0.0781. The molecule has 2 aromatic rings. The number of hydrogen-bond acceptors (Lipinski definition) is 4. The zero-order valence-corrected chi connectivity index (χ0v) is 10.4. The Balaban J connectivity index is 2.23. The van der Waals surface area contributed by atoms with E-state index in [-0.39, 0.29) is 5.92 Å². The van der Waals surface area contributed by atoms with Crippen LogP contribution in [-0.4, -0.2) is 23.3 Å². The summed E-state index contributed by atoms with van der Waals surface area (Å²) in [6.45, 7) is 3.15. The van der Waals surface area contributed by atoms with Crippen LogP contribution in [0.15, 0.2) is 42.6 Å². The smallest absolute Gasteiger partial charge is 0.119 e. The van der Waals surface area contributed by atoms with Gasteiger partial charge in [-0.3, -0.25) is 0 Å². The lowest BCUT2D eigenvalue weighted by atomic mass is 9.95. The monoisotopic (exact) mass is 243 g/mol. The predicted octanol–water partition coefficient (Wildman–Crippen LogP) is 1.97. The van der Waals surface area contributed by atoms with E-state index in [0.717, 1.165) is 17.0 Å². The summed E-state index contributed by atoms with van der Waals surface area (Å²) in [6, 6.07) is 11.8. The van der Waals surface area contributed by atoms with Gasteiger partial charge in [0.25, 0.3) is 0 Å². The van der Waals surface area contributed by atoms with Crippen molar-refractivity contribution in [3.05, 3.63) is 53.9 Å². The van der Waals surface area contributed by atoms with Crippen LogP contribution < -0.4 is 10.5 Å². The molecule has 94 valence electrons. The highest BCUT2D eigenvalue weighted by molar-refractivity contribution is 5.33. The molecule has 0 fully saturated rings. The summed E-state index contributed by atoms with van der Waals surface area (Å²) in [5, 5.41) is 8.02. The van der Waals surface area contributed by atoms with E-state index >= 15 is 0 Å². The summed E-state index contributed by atoms with van der Waals surface area (Å²) in [6.07, 6.45) is 1.66. The van der Waals surface area contributed by atoms with Gasteiger partial charge in [-0.15, -0.1) is 0 Å². The summed E-state index contributed by atoms with van der Waals surface area (Å²) in [4.78, 5) is 0. The lowest BCUT2D eigenvalue weighted by Crippen LogP contribution is -2.15. The van der Waals surface area contributed by atoms with Crippen LogP contribution in [0, 0.1) is 0 Å². The van der Waals surface area contributed by atoms with Crippen LogP contribution in [-0.2, 0) is 0 Å². The fourth-order valence-corrected chi connectivity index (χ4v) is 1.89. The fraction of sp³-hybridized carbons (Fsp3) is 0.286. The zero-order valence-electron chi connectivity index (χ0n) is 10.4. The summed E-state index contributed by atoms with van der Waals surface area (Å²) in [5.41, 5.74) is 7.85. The van der Waals surface area contributed by atoms with Gasteiger partial charge in [0.15, 0.2) is 0 Å². The van der Waals surface area contributed by atoms with Gasteiger partial charge in [-0.2, -0.15) is 10.2 Å².